The van der Waals surface area contributed by atoms with Gasteiger partial charge in [0, 0.05) is 31.0 Å². The number of carbonyl (C=O) groups excluding carboxylic acids is 1. The zero-order valence-electron chi connectivity index (χ0n) is 20.7. The molecule has 1 aromatic carbocycles. The monoisotopic (exact) mass is 482 g/mol. The zero-order valence-corrected chi connectivity index (χ0v) is 20.7. The minimum atomic E-state index is 0.529. The number of aldehydes is 1. The molecule has 2 saturated heterocycles. The van der Waals surface area contributed by atoms with Crippen LogP contribution in [0, 0.1) is 5.92 Å². The second-order valence-corrected chi connectivity index (χ2v) is 9.30. The Bertz CT molecular complexity index is 929. The molecule has 0 unspecified atom stereocenters. The Morgan fingerprint density at radius 1 is 1.09 bits per heavy atom. The van der Waals surface area contributed by atoms with Crippen LogP contribution in [0.25, 0.3) is 0 Å². The summed E-state index contributed by atoms with van der Waals surface area (Å²) in [6, 6.07) is 7.66. The summed E-state index contributed by atoms with van der Waals surface area (Å²) in [5, 5.41) is 6.73. The van der Waals surface area contributed by atoms with E-state index < -0.39 is 0 Å². The molecular weight excluding hydrogens is 444 g/mol. The van der Waals surface area contributed by atoms with Crippen molar-refractivity contribution in [2.24, 2.45) is 5.92 Å². The van der Waals surface area contributed by atoms with Gasteiger partial charge in [-0.15, -0.1) is 0 Å². The molecule has 2 aliphatic rings. The van der Waals surface area contributed by atoms with Crippen LogP contribution in [-0.4, -0.2) is 85.6 Å². The van der Waals surface area contributed by atoms with E-state index in [1.54, 1.807) is 13.3 Å². The molecule has 2 aliphatic heterocycles. The number of piperidine rings is 1. The highest BCUT2D eigenvalue weighted by atomic mass is 16.5. The average molecular weight is 483 g/mol. The van der Waals surface area contributed by atoms with Gasteiger partial charge in [0.2, 0.25) is 5.95 Å². The van der Waals surface area contributed by atoms with Crippen LogP contribution in [-0.2, 0) is 4.79 Å². The van der Waals surface area contributed by atoms with Gasteiger partial charge in [-0.05, 0) is 82.4 Å². The van der Waals surface area contributed by atoms with Crippen LogP contribution in [0.5, 0.6) is 11.5 Å². The molecule has 0 amide bonds. The molecule has 0 spiro atoms. The van der Waals surface area contributed by atoms with Gasteiger partial charge in [0.15, 0.2) is 11.5 Å². The van der Waals surface area contributed by atoms with Gasteiger partial charge in [-0.1, -0.05) is 0 Å². The molecule has 9 nitrogen and oxygen atoms in total. The third-order valence-electron chi connectivity index (χ3n) is 6.76. The maximum absolute atomic E-state index is 10.7. The Hall–Kier alpha value is -2.91. The molecule has 2 N–H and O–H groups in total. The van der Waals surface area contributed by atoms with E-state index in [4.69, 9.17) is 9.47 Å². The lowest BCUT2D eigenvalue weighted by atomic mass is 9.97. The quantitative estimate of drug-likeness (QED) is 0.329. The fourth-order valence-electron chi connectivity index (χ4n) is 4.72. The highest BCUT2D eigenvalue weighted by molar-refractivity contribution is 5.60. The molecule has 2 fully saturated rings. The minimum Gasteiger partial charge on any atom is -0.493 e. The van der Waals surface area contributed by atoms with Crippen molar-refractivity contribution in [3.05, 3.63) is 30.5 Å². The van der Waals surface area contributed by atoms with Crippen LogP contribution in [0.2, 0.25) is 0 Å². The van der Waals surface area contributed by atoms with Crippen molar-refractivity contribution < 1.29 is 14.3 Å². The third-order valence-corrected chi connectivity index (χ3v) is 6.76. The van der Waals surface area contributed by atoms with E-state index in [-0.39, 0.29) is 0 Å². The van der Waals surface area contributed by atoms with Crippen molar-refractivity contribution in [1.82, 2.24) is 19.8 Å². The van der Waals surface area contributed by atoms with Gasteiger partial charge in [-0.25, -0.2) is 4.98 Å². The fraction of sp³-hybridized carbons (Fsp3) is 0.577. The van der Waals surface area contributed by atoms with E-state index in [1.165, 1.54) is 25.9 Å². The van der Waals surface area contributed by atoms with E-state index in [1.807, 2.05) is 24.3 Å². The van der Waals surface area contributed by atoms with Gasteiger partial charge in [-0.2, -0.15) is 4.98 Å². The molecule has 190 valence electrons. The lowest BCUT2D eigenvalue weighted by molar-refractivity contribution is -0.109. The smallest absolute Gasteiger partial charge is 0.229 e. The number of hydrogen-bond donors (Lipinski definition) is 2. The highest BCUT2D eigenvalue weighted by Crippen LogP contribution is 2.31. The minimum absolute atomic E-state index is 0.529. The normalized spacial score (nSPS) is 17.3. The van der Waals surface area contributed by atoms with Gasteiger partial charge >= 0.3 is 0 Å². The summed E-state index contributed by atoms with van der Waals surface area (Å²) < 4.78 is 11.5. The van der Waals surface area contributed by atoms with E-state index >= 15 is 0 Å². The van der Waals surface area contributed by atoms with Gasteiger partial charge in [0.1, 0.15) is 12.1 Å². The molecule has 0 saturated carbocycles. The van der Waals surface area contributed by atoms with Crippen molar-refractivity contribution >= 4 is 23.7 Å². The lowest BCUT2D eigenvalue weighted by Crippen LogP contribution is -2.36. The first kappa shape index (κ1) is 25.2. The fourth-order valence-corrected chi connectivity index (χ4v) is 4.72. The van der Waals surface area contributed by atoms with Gasteiger partial charge in [0.05, 0.1) is 20.3 Å². The van der Waals surface area contributed by atoms with Crippen molar-refractivity contribution in [3.8, 4) is 11.5 Å². The first-order valence-corrected chi connectivity index (χ1v) is 12.8. The van der Waals surface area contributed by atoms with Gasteiger partial charge in [0.25, 0.3) is 0 Å². The number of hydrogen-bond acceptors (Lipinski definition) is 9. The number of nitrogens with zero attached hydrogens (tertiary/aromatic N) is 4. The molecule has 2 aromatic rings. The summed E-state index contributed by atoms with van der Waals surface area (Å²) in [5.74, 6) is 3.34. The summed E-state index contributed by atoms with van der Waals surface area (Å²) >= 11 is 0. The number of likely N-dealkylation sites (tertiary alicyclic amines) is 2. The summed E-state index contributed by atoms with van der Waals surface area (Å²) in [6.45, 7) is 7.49. The molecular formula is C26H38N6O3. The Labute approximate surface area is 208 Å². The Kier molecular flexibility index (Phi) is 9.54. The highest BCUT2D eigenvalue weighted by Gasteiger charge is 2.18. The number of methoxy groups -OCH3 is 1. The second kappa shape index (κ2) is 13.3. The molecule has 35 heavy (non-hydrogen) atoms. The van der Waals surface area contributed by atoms with Gasteiger partial charge in [-0.3, -0.25) is 4.90 Å². The molecule has 4 rings (SSSR count). The number of rotatable bonds is 13. The molecule has 1 aromatic heterocycles. The lowest BCUT2D eigenvalue weighted by Gasteiger charge is -2.30. The summed E-state index contributed by atoms with van der Waals surface area (Å²) in [5.41, 5.74) is 0.847. The molecule has 0 atom stereocenters. The largest absolute Gasteiger partial charge is 0.493 e. The molecule has 0 bridgehead atoms. The van der Waals surface area contributed by atoms with Gasteiger partial charge < -0.3 is 29.8 Å². The van der Waals surface area contributed by atoms with Crippen molar-refractivity contribution in [3.63, 3.8) is 0 Å². The van der Waals surface area contributed by atoms with E-state index in [2.05, 4.69) is 30.4 Å². The number of benzene rings is 1. The molecule has 0 radical (unpaired) electrons. The van der Waals surface area contributed by atoms with Crippen LogP contribution < -0.4 is 20.1 Å². The van der Waals surface area contributed by atoms with Crippen LogP contribution in [0.4, 0.5) is 17.5 Å². The number of carbonyl (C=O) groups is 1. The number of nitrogens with one attached hydrogen (secondary N) is 2. The molecule has 3 heterocycles. The van der Waals surface area contributed by atoms with Crippen LogP contribution in [0.3, 0.4) is 0 Å². The van der Waals surface area contributed by atoms with Crippen LogP contribution in [0.1, 0.15) is 32.1 Å². The Balaban J connectivity index is 1.27. The molecule has 0 aliphatic carbocycles. The number of ether oxygens (including phenoxy) is 2. The van der Waals surface area contributed by atoms with E-state index in [0.29, 0.717) is 36.5 Å². The second-order valence-electron chi connectivity index (χ2n) is 9.30. The predicted molar refractivity (Wildman–Crippen MR) is 138 cm³/mol. The van der Waals surface area contributed by atoms with Crippen LogP contribution in [0.15, 0.2) is 30.5 Å². The van der Waals surface area contributed by atoms with Crippen molar-refractivity contribution in [2.75, 3.05) is 70.2 Å². The maximum Gasteiger partial charge on any atom is 0.229 e. The van der Waals surface area contributed by atoms with E-state index in [0.717, 1.165) is 63.2 Å². The first-order chi connectivity index (χ1) is 17.2. The third kappa shape index (κ3) is 7.80. The Morgan fingerprint density at radius 2 is 1.91 bits per heavy atom. The number of aromatic nitrogens is 2. The SMILES string of the molecule is COc1ccc(Nc2nccc(NCC3CCN(CC=O)CC3)n2)cc1OCCCN1CCCC1. The Morgan fingerprint density at radius 3 is 2.69 bits per heavy atom. The van der Waals surface area contributed by atoms with Crippen molar-refractivity contribution in [1.29, 1.82) is 0 Å². The average Bonchev–Trinajstić information content (AvgIpc) is 3.41. The first-order valence-electron chi connectivity index (χ1n) is 12.8. The zero-order chi connectivity index (χ0) is 24.3. The summed E-state index contributed by atoms with van der Waals surface area (Å²) in [6.07, 6.45) is 8.53. The predicted octanol–water partition coefficient (Wildman–Crippen LogP) is 3.42. The summed E-state index contributed by atoms with van der Waals surface area (Å²) in [4.78, 5) is 24.4. The molecule has 9 heteroatoms. The maximum atomic E-state index is 10.7. The summed E-state index contributed by atoms with van der Waals surface area (Å²) in [7, 11) is 1.66. The van der Waals surface area contributed by atoms with E-state index in [9.17, 15) is 4.79 Å². The number of anilines is 3. The topological polar surface area (TPSA) is 91.9 Å². The van der Waals surface area contributed by atoms with Crippen molar-refractivity contribution in [2.45, 2.75) is 32.1 Å². The van der Waals surface area contributed by atoms with Crippen LogP contribution >= 0.6 is 0 Å². The standard InChI is InChI=1S/C26H38N6O3/c1-34-23-6-5-22(19-24(23)35-18-4-13-31-11-2-3-12-31)29-26-27-10-7-25(30-26)28-20-21-8-14-32(15-9-21)16-17-33/h5-7,10,17,19,21H,2-4,8-9,11-16,18,20H2,1H3,(H2,27,28,29,30).